The van der Waals surface area contributed by atoms with Gasteiger partial charge < -0.3 is 10.2 Å². The van der Waals surface area contributed by atoms with Crippen molar-refractivity contribution in [2.24, 2.45) is 0 Å². The first-order chi connectivity index (χ1) is 17.3. The van der Waals surface area contributed by atoms with Crippen LogP contribution in [-0.2, 0) is 5.41 Å². The summed E-state index contributed by atoms with van der Waals surface area (Å²) in [6.07, 6.45) is -11.7. The topological polar surface area (TPSA) is 40.5 Å². The largest absolute Gasteiger partial charge is 0.508 e. The van der Waals surface area contributed by atoms with Gasteiger partial charge in [-0.15, -0.1) is 0 Å². The Kier molecular flexibility index (Phi) is 7.90. The second-order valence-electron chi connectivity index (χ2n) is 8.47. The molecular formula is C22H15F15O2. The Morgan fingerprint density at radius 2 is 0.795 bits per heavy atom. The number of phenols is 2. The van der Waals surface area contributed by atoms with Crippen molar-refractivity contribution in [2.75, 3.05) is 0 Å². The average Bonchev–Trinajstić information content (AvgIpc) is 2.83. The van der Waals surface area contributed by atoms with Gasteiger partial charge in [-0.05, 0) is 42.3 Å². The first kappa shape index (κ1) is 32.2. The van der Waals surface area contributed by atoms with E-state index in [9.17, 15) is 67.3 Å². The molecule has 17 heteroatoms. The molecule has 2 aromatic rings. The minimum atomic E-state index is -8.21. The van der Waals surface area contributed by atoms with Gasteiger partial charge in [0.1, 0.15) is 11.5 Å². The normalized spacial score (nSPS) is 15.5. The standard InChI is InChI=1S/C22H15F15O2/c1-16(10-2-6-12(38)7-3-10,11-4-8-13(39)9-5-11)17(26,27)14(23)18(28,29)20(32,33)22(36,37)21(34,35)19(30,31)15(24)25/h2-9,14-15,38-39H,1H3. The predicted molar refractivity (Wildman–Crippen MR) is 103 cm³/mol. The van der Waals surface area contributed by atoms with Crippen LogP contribution in [0.1, 0.15) is 18.1 Å². The van der Waals surface area contributed by atoms with Crippen LogP contribution < -0.4 is 0 Å². The van der Waals surface area contributed by atoms with Crippen LogP contribution in [0.25, 0.3) is 0 Å². The summed E-state index contributed by atoms with van der Waals surface area (Å²) in [6, 6.07) is 4.65. The Morgan fingerprint density at radius 1 is 0.487 bits per heavy atom. The van der Waals surface area contributed by atoms with Crippen molar-refractivity contribution >= 4 is 0 Å². The summed E-state index contributed by atoms with van der Waals surface area (Å²) in [5, 5.41) is 18.7. The fraction of sp³-hybridized carbons (Fsp3) is 0.455. The van der Waals surface area contributed by atoms with E-state index in [0.29, 0.717) is 48.5 Å². The third-order valence-electron chi connectivity index (χ3n) is 6.09. The molecular weight excluding hydrogens is 581 g/mol. The number of hydrogen-bond donors (Lipinski definition) is 2. The van der Waals surface area contributed by atoms with E-state index in [1.807, 2.05) is 0 Å². The summed E-state index contributed by atoms with van der Waals surface area (Å²) >= 11 is 0. The molecule has 0 amide bonds. The van der Waals surface area contributed by atoms with E-state index in [0.717, 1.165) is 0 Å². The maximum atomic E-state index is 15.5. The molecule has 1 unspecified atom stereocenters. The van der Waals surface area contributed by atoms with Crippen molar-refractivity contribution in [1.29, 1.82) is 0 Å². The summed E-state index contributed by atoms with van der Waals surface area (Å²) in [7, 11) is 0. The van der Waals surface area contributed by atoms with Gasteiger partial charge in [0.15, 0.2) is 0 Å². The minimum absolute atomic E-state index is 0.213. The van der Waals surface area contributed by atoms with Gasteiger partial charge >= 0.3 is 36.0 Å². The fourth-order valence-electron chi connectivity index (χ4n) is 3.53. The van der Waals surface area contributed by atoms with Gasteiger partial charge in [0.2, 0.25) is 6.17 Å². The van der Waals surface area contributed by atoms with Gasteiger partial charge in [-0.1, -0.05) is 24.3 Å². The van der Waals surface area contributed by atoms with E-state index in [1.165, 1.54) is 0 Å². The first-order valence-electron chi connectivity index (χ1n) is 10.1. The van der Waals surface area contributed by atoms with Gasteiger partial charge in [0, 0.05) is 0 Å². The third kappa shape index (κ3) is 4.50. The van der Waals surface area contributed by atoms with Crippen LogP contribution in [0.3, 0.4) is 0 Å². The summed E-state index contributed by atoms with van der Waals surface area (Å²) in [5.41, 5.74) is -5.52. The molecule has 0 saturated heterocycles. The Hall–Kier alpha value is -3.01. The monoisotopic (exact) mass is 596 g/mol. The minimum Gasteiger partial charge on any atom is -0.508 e. The molecule has 1 atom stereocenters. The molecule has 2 nitrogen and oxygen atoms in total. The van der Waals surface area contributed by atoms with E-state index in [2.05, 4.69) is 0 Å². The number of hydrogen-bond acceptors (Lipinski definition) is 2. The Bertz CT molecular complexity index is 1100. The third-order valence-corrected chi connectivity index (χ3v) is 6.09. The molecule has 0 heterocycles. The highest BCUT2D eigenvalue weighted by Gasteiger charge is 2.90. The molecule has 0 aliphatic rings. The molecule has 2 N–H and O–H groups in total. The molecule has 2 aromatic carbocycles. The van der Waals surface area contributed by atoms with Gasteiger partial charge in [-0.3, -0.25) is 0 Å². The second kappa shape index (κ2) is 9.57. The Balaban J connectivity index is 2.77. The number of aromatic hydroxyl groups is 2. The van der Waals surface area contributed by atoms with Crippen LogP contribution in [0.4, 0.5) is 65.9 Å². The molecule has 0 radical (unpaired) electrons. The van der Waals surface area contributed by atoms with Crippen molar-refractivity contribution in [3.05, 3.63) is 59.7 Å². The van der Waals surface area contributed by atoms with Crippen LogP contribution in [0.5, 0.6) is 11.5 Å². The van der Waals surface area contributed by atoms with Crippen molar-refractivity contribution in [3.8, 4) is 11.5 Å². The van der Waals surface area contributed by atoms with Crippen molar-refractivity contribution in [2.45, 2.75) is 60.5 Å². The van der Waals surface area contributed by atoms with Gasteiger partial charge in [0.05, 0.1) is 5.41 Å². The van der Waals surface area contributed by atoms with E-state index in [4.69, 9.17) is 0 Å². The van der Waals surface area contributed by atoms with Crippen LogP contribution in [0.2, 0.25) is 0 Å². The second-order valence-corrected chi connectivity index (χ2v) is 8.47. The van der Waals surface area contributed by atoms with Crippen molar-refractivity contribution in [3.63, 3.8) is 0 Å². The highest BCUT2D eigenvalue weighted by molar-refractivity contribution is 5.45. The van der Waals surface area contributed by atoms with Gasteiger partial charge in [-0.2, -0.15) is 43.9 Å². The molecule has 0 aliphatic carbocycles. The van der Waals surface area contributed by atoms with E-state index >= 15 is 8.78 Å². The van der Waals surface area contributed by atoms with Crippen LogP contribution in [0, 0.1) is 0 Å². The summed E-state index contributed by atoms with van der Waals surface area (Å²) < 4.78 is 208. The van der Waals surface area contributed by atoms with Crippen molar-refractivity contribution < 1.29 is 76.1 Å². The molecule has 0 aliphatic heterocycles. The number of benzene rings is 2. The number of rotatable bonds is 10. The van der Waals surface area contributed by atoms with Crippen LogP contribution >= 0.6 is 0 Å². The lowest BCUT2D eigenvalue weighted by Crippen LogP contribution is -2.72. The smallest absolute Gasteiger partial charge is 0.384 e. The van der Waals surface area contributed by atoms with E-state index in [-0.39, 0.29) is 6.92 Å². The maximum absolute atomic E-state index is 15.5. The molecule has 0 saturated carbocycles. The summed E-state index contributed by atoms with van der Waals surface area (Å²) in [6.45, 7) is 0.213. The average molecular weight is 596 g/mol. The van der Waals surface area contributed by atoms with Crippen molar-refractivity contribution in [1.82, 2.24) is 0 Å². The zero-order chi connectivity index (χ0) is 30.6. The SMILES string of the molecule is CC(c1ccc(O)cc1)(c1ccc(O)cc1)C(F)(F)C(F)C(F)(F)C(F)(F)C(F)(F)C(F)(F)C(F)(F)C(F)F. The van der Waals surface area contributed by atoms with E-state index in [1.54, 1.807) is 0 Å². The number of alkyl halides is 15. The van der Waals surface area contributed by atoms with Crippen LogP contribution in [0.15, 0.2) is 48.5 Å². The number of halogens is 15. The Morgan fingerprint density at radius 3 is 1.10 bits per heavy atom. The van der Waals surface area contributed by atoms with Crippen LogP contribution in [-0.4, -0.2) is 58.3 Å². The highest BCUT2D eigenvalue weighted by atomic mass is 19.4. The summed E-state index contributed by atoms with van der Waals surface area (Å²) in [4.78, 5) is 0. The maximum Gasteiger partial charge on any atom is 0.384 e. The molecule has 0 aromatic heterocycles. The molecule has 0 spiro atoms. The number of phenolic OH excluding ortho intramolecular Hbond substituents is 2. The van der Waals surface area contributed by atoms with Gasteiger partial charge in [-0.25, -0.2) is 22.0 Å². The zero-order valence-corrected chi connectivity index (χ0v) is 18.8. The lowest BCUT2D eigenvalue weighted by atomic mass is 9.68. The molecule has 39 heavy (non-hydrogen) atoms. The fourth-order valence-corrected chi connectivity index (χ4v) is 3.53. The molecule has 0 bridgehead atoms. The summed E-state index contributed by atoms with van der Waals surface area (Å²) in [5.74, 6) is -46.6. The molecule has 220 valence electrons. The quantitative estimate of drug-likeness (QED) is 0.275. The molecule has 2 rings (SSSR count). The zero-order valence-electron chi connectivity index (χ0n) is 18.8. The predicted octanol–water partition coefficient (Wildman–Crippen LogP) is 7.82. The van der Waals surface area contributed by atoms with E-state index < -0.39 is 76.2 Å². The lowest BCUT2D eigenvalue weighted by molar-refractivity contribution is -0.423. The van der Waals surface area contributed by atoms with Gasteiger partial charge in [0.25, 0.3) is 5.92 Å². The Labute approximate surface area is 208 Å². The highest BCUT2D eigenvalue weighted by Crippen LogP contribution is 2.61. The lowest BCUT2D eigenvalue weighted by Gasteiger charge is -2.45. The molecule has 0 fully saturated rings. The first-order valence-corrected chi connectivity index (χ1v) is 10.1.